The predicted octanol–water partition coefficient (Wildman–Crippen LogP) is 2.38. The first kappa shape index (κ1) is 14.5. The number of thioether (sulfide) groups is 1. The number of hydrogen-bond donors (Lipinski definition) is 3. The lowest BCUT2D eigenvalue weighted by atomic mass is 10.0. The number of H-pyrrole nitrogens is 1. The third-order valence-electron chi connectivity index (χ3n) is 3.99. The van der Waals surface area contributed by atoms with Crippen LogP contribution in [0.5, 0.6) is 0 Å². The van der Waals surface area contributed by atoms with E-state index in [9.17, 15) is 9.90 Å². The highest BCUT2D eigenvalue weighted by atomic mass is 32.2. The number of aliphatic hydroxyl groups is 1. The fraction of sp³-hybridized carbons (Fsp3) is 0.438. The zero-order valence-corrected chi connectivity index (χ0v) is 13.1. The third-order valence-corrected chi connectivity index (χ3v) is 5.23. The molecule has 4 nitrogen and oxygen atoms in total. The molecule has 2 aromatic rings. The monoisotopic (exact) mass is 304 g/mol. The van der Waals surface area contributed by atoms with Crippen molar-refractivity contribution in [2.24, 2.45) is 0 Å². The topological polar surface area (TPSA) is 65.1 Å². The van der Waals surface area contributed by atoms with Crippen molar-refractivity contribution in [3.8, 4) is 0 Å². The maximum Gasteiger partial charge on any atom is 0.267 e. The Hall–Kier alpha value is -1.46. The Morgan fingerprint density at radius 1 is 1.43 bits per heavy atom. The van der Waals surface area contributed by atoms with Crippen LogP contribution in [0.3, 0.4) is 0 Å². The molecule has 1 saturated heterocycles. The number of aromatic nitrogens is 1. The molecule has 0 radical (unpaired) electrons. The Morgan fingerprint density at radius 3 is 2.95 bits per heavy atom. The third kappa shape index (κ3) is 2.94. The molecule has 0 aliphatic carbocycles. The molecule has 0 spiro atoms. The summed E-state index contributed by atoms with van der Waals surface area (Å²) in [6.45, 7) is 4.40. The van der Waals surface area contributed by atoms with E-state index in [4.69, 9.17) is 0 Å². The Bertz CT molecular complexity index is 687. The minimum Gasteiger partial charge on any atom is -0.387 e. The molecule has 1 amide bonds. The van der Waals surface area contributed by atoms with Gasteiger partial charge in [-0.3, -0.25) is 4.79 Å². The molecule has 1 aliphatic rings. The molecule has 1 atom stereocenters. The number of aryl methyl sites for hydroxylation is 2. The number of nitrogens with one attached hydrogen (secondary N) is 2. The molecule has 0 saturated carbocycles. The first-order chi connectivity index (χ1) is 9.97. The average molecular weight is 304 g/mol. The summed E-state index contributed by atoms with van der Waals surface area (Å²) < 4.78 is 0. The largest absolute Gasteiger partial charge is 0.387 e. The second-order valence-electron chi connectivity index (χ2n) is 5.94. The van der Waals surface area contributed by atoms with Crippen LogP contribution in [0.4, 0.5) is 0 Å². The smallest absolute Gasteiger partial charge is 0.267 e. The van der Waals surface area contributed by atoms with Crippen molar-refractivity contribution in [3.05, 3.63) is 35.0 Å². The molecule has 3 rings (SSSR count). The lowest BCUT2D eigenvalue weighted by Crippen LogP contribution is -2.43. The number of hydrogen-bond acceptors (Lipinski definition) is 3. The van der Waals surface area contributed by atoms with Crippen molar-refractivity contribution in [3.63, 3.8) is 0 Å². The quantitative estimate of drug-likeness (QED) is 0.816. The summed E-state index contributed by atoms with van der Waals surface area (Å²) in [5.41, 5.74) is 3.11. The van der Waals surface area contributed by atoms with E-state index in [-0.39, 0.29) is 5.91 Å². The number of carbonyl (C=O) groups excluding carboxylic acids is 1. The van der Waals surface area contributed by atoms with Crippen molar-refractivity contribution in [2.75, 3.05) is 18.1 Å². The Balaban J connectivity index is 1.77. The maximum absolute atomic E-state index is 12.2. The maximum atomic E-state index is 12.2. The second kappa shape index (κ2) is 5.39. The van der Waals surface area contributed by atoms with Gasteiger partial charge in [-0.05, 0) is 49.3 Å². The summed E-state index contributed by atoms with van der Waals surface area (Å²) in [6.07, 6.45) is 0.739. The van der Waals surface area contributed by atoms with Crippen molar-refractivity contribution in [2.45, 2.75) is 25.9 Å². The zero-order valence-electron chi connectivity index (χ0n) is 12.3. The van der Waals surface area contributed by atoms with Gasteiger partial charge in [-0.1, -0.05) is 6.07 Å². The Labute approximate surface area is 128 Å². The van der Waals surface area contributed by atoms with Gasteiger partial charge in [0.15, 0.2) is 0 Å². The number of aromatic amines is 1. The van der Waals surface area contributed by atoms with Crippen LogP contribution in [-0.2, 0) is 0 Å². The number of benzene rings is 1. The average Bonchev–Trinajstić information content (AvgIpc) is 3.03. The number of rotatable bonds is 3. The van der Waals surface area contributed by atoms with E-state index in [1.165, 1.54) is 5.56 Å². The van der Waals surface area contributed by atoms with Gasteiger partial charge in [0, 0.05) is 23.2 Å². The van der Waals surface area contributed by atoms with E-state index in [1.807, 2.05) is 26.0 Å². The molecular weight excluding hydrogens is 284 g/mol. The van der Waals surface area contributed by atoms with Crippen LogP contribution in [-0.4, -0.2) is 39.6 Å². The lowest BCUT2D eigenvalue weighted by molar-refractivity contribution is 0.0611. The van der Waals surface area contributed by atoms with Crippen LogP contribution in [0, 0.1) is 13.8 Å². The van der Waals surface area contributed by atoms with E-state index in [0.717, 1.165) is 28.6 Å². The van der Waals surface area contributed by atoms with Gasteiger partial charge in [0.05, 0.1) is 5.60 Å². The molecule has 21 heavy (non-hydrogen) atoms. The molecule has 1 aromatic carbocycles. The van der Waals surface area contributed by atoms with Crippen LogP contribution in [0.15, 0.2) is 18.2 Å². The summed E-state index contributed by atoms with van der Waals surface area (Å²) in [5, 5.41) is 14.2. The normalized spacial score (nSPS) is 21.9. The van der Waals surface area contributed by atoms with Gasteiger partial charge in [0.1, 0.15) is 5.69 Å². The van der Waals surface area contributed by atoms with Crippen molar-refractivity contribution in [1.82, 2.24) is 10.3 Å². The SMILES string of the molecule is Cc1cc(C)c2cc(C(=O)NCC3(O)CCSC3)[nH]c2c1. The predicted molar refractivity (Wildman–Crippen MR) is 87.0 cm³/mol. The van der Waals surface area contributed by atoms with Gasteiger partial charge in [0.25, 0.3) is 5.91 Å². The first-order valence-electron chi connectivity index (χ1n) is 7.15. The molecule has 5 heteroatoms. The molecule has 1 aliphatic heterocycles. The summed E-state index contributed by atoms with van der Waals surface area (Å²) in [4.78, 5) is 15.4. The minimum absolute atomic E-state index is 0.159. The van der Waals surface area contributed by atoms with E-state index in [1.54, 1.807) is 11.8 Å². The van der Waals surface area contributed by atoms with Gasteiger partial charge in [-0.2, -0.15) is 11.8 Å². The van der Waals surface area contributed by atoms with E-state index in [2.05, 4.69) is 16.4 Å². The molecule has 0 bridgehead atoms. The second-order valence-corrected chi connectivity index (χ2v) is 7.04. The highest BCUT2D eigenvalue weighted by molar-refractivity contribution is 7.99. The molecule has 1 aromatic heterocycles. The molecular formula is C16H20N2O2S. The molecule has 2 heterocycles. The van der Waals surface area contributed by atoms with Crippen LogP contribution >= 0.6 is 11.8 Å². The van der Waals surface area contributed by atoms with Gasteiger partial charge >= 0.3 is 0 Å². The van der Waals surface area contributed by atoms with Gasteiger partial charge < -0.3 is 15.4 Å². The highest BCUT2D eigenvalue weighted by Crippen LogP contribution is 2.27. The number of fused-ring (bicyclic) bond motifs is 1. The van der Waals surface area contributed by atoms with Gasteiger partial charge in [-0.25, -0.2) is 0 Å². The summed E-state index contributed by atoms with van der Waals surface area (Å²) in [5.74, 6) is 1.49. The van der Waals surface area contributed by atoms with Crippen LogP contribution in [0.1, 0.15) is 28.0 Å². The summed E-state index contributed by atoms with van der Waals surface area (Å²) in [6, 6.07) is 6.03. The number of carbonyl (C=O) groups is 1. The fourth-order valence-electron chi connectivity index (χ4n) is 2.80. The minimum atomic E-state index is -0.751. The van der Waals surface area contributed by atoms with Crippen LogP contribution in [0.2, 0.25) is 0 Å². The zero-order chi connectivity index (χ0) is 15.0. The van der Waals surface area contributed by atoms with Gasteiger partial charge in [-0.15, -0.1) is 0 Å². The molecule has 112 valence electrons. The number of amides is 1. The highest BCUT2D eigenvalue weighted by Gasteiger charge is 2.32. The summed E-state index contributed by atoms with van der Waals surface area (Å²) in [7, 11) is 0. The Morgan fingerprint density at radius 2 is 2.24 bits per heavy atom. The molecule has 3 N–H and O–H groups in total. The van der Waals surface area contributed by atoms with E-state index in [0.29, 0.717) is 18.0 Å². The van der Waals surface area contributed by atoms with Crippen LogP contribution < -0.4 is 5.32 Å². The summed E-state index contributed by atoms with van der Waals surface area (Å²) >= 11 is 1.73. The standard InChI is InChI=1S/C16H20N2O2S/c1-10-5-11(2)12-7-14(18-13(12)6-10)15(19)17-8-16(20)3-4-21-9-16/h5-7,18,20H,3-4,8-9H2,1-2H3,(H,17,19). The Kier molecular flexibility index (Phi) is 3.71. The van der Waals surface area contributed by atoms with Crippen LogP contribution in [0.25, 0.3) is 10.9 Å². The first-order valence-corrected chi connectivity index (χ1v) is 8.31. The van der Waals surface area contributed by atoms with Gasteiger partial charge in [0.2, 0.25) is 0 Å². The van der Waals surface area contributed by atoms with E-state index < -0.39 is 5.60 Å². The van der Waals surface area contributed by atoms with E-state index >= 15 is 0 Å². The fourth-order valence-corrected chi connectivity index (χ4v) is 4.09. The lowest BCUT2D eigenvalue weighted by Gasteiger charge is -2.21. The van der Waals surface area contributed by atoms with Crippen molar-refractivity contribution in [1.29, 1.82) is 0 Å². The molecule has 1 fully saturated rings. The molecule has 1 unspecified atom stereocenters. The van der Waals surface area contributed by atoms with Crippen molar-refractivity contribution >= 4 is 28.6 Å². The van der Waals surface area contributed by atoms with Crippen molar-refractivity contribution < 1.29 is 9.90 Å².